The quantitative estimate of drug-likeness (QED) is 0.908. The minimum absolute atomic E-state index is 0.0131. The van der Waals surface area contributed by atoms with Crippen LogP contribution in [0.5, 0.6) is 5.75 Å². The number of rotatable bonds is 2. The second kappa shape index (κ2) is 4.48. The van der Waals surface area contributed by atoms with E-state index in [1.54, 1.807) is 6.07 Å². The number of fused-ring (bicyclic) bond motifs is 1. The Labute approximate surface area is 111 Å². The average Bonchev–Trinajstić information content (AvgIpc) is 2.35. The van der Waals surface area contributed by atoms with Crippen LogP contribution in [0.1, 0.15) is 5.56 Å². The highest BCUT2D eigenvalue weighted by molar-refractivity contribution is 8.00. The van der Waals surface area contributed by atoms with E-state index in [2.05, 4.69) is 0 Å². The molecule has 0 saturated heterocycles. The molecule has 1 atom stereocenters. The van der Waals surface area contributed by atoms with Crippen molar-refractivity contribution in [2.75, 3.05) is 6.26 Å². The van der Waals surface area contributed by atoms with Crippen LogP contribution in [-0.4, -0.2) is 28.4 Å². The number of carbonyl (C=O) groups is 1. The Hall–Kier alpha value is -1.63. The molecule has 7 heteroatoms. The van der Waals surface area contributed by atoms with Gasteiger partial charge in [-0.15, -0.1) is 11.8 Å². The molecule has 102 valence electrons. The highest BCUT2D eigenvalue weighted by Crippen LogP contribution is 2.50. The summed E-state index contributed by atoms with van der Waals surface area (Å²) in [6, 6.07) is 6.00. The maximum atomic E-state index is 13.3. The van der Waals surface area contributed by atoms with Crippen LogP contribution in [-0.2, 0) is 4.79 Å². The first-order chi connectivity index (χ1) is 8.82. The summed E-state index contributed by atoms with van der Waals surface area (Å²) in [4.78, 5) is 8.24. The van der Waals surface area contributed by atoms with Gasteiger partial charge in [-0.2, -0.15) is 13.2 Å². The molecular formula is C12H9F3O3S. The standard InChI is InChI=1S/C12H9F3O3S/c1-19-11(12(13,14)15)8(10(16)17)6-7-4-2-3-5-9(7)18-11/h2-6H,1H3,(H,16,17). The number of ether oxygens (including phenoxy) is 1. The van der Waals surface area contributed by atoms with Crippen molar-refractivity contribution >= 4 is 23.8 Å². The molecular weight excluding hydrogens is 281 g/mol. The van der Waals surface area contributed by atoms with E-state index in [1.807, 2.05) is 0 Å². The Morgan fingerprint density at radius 1 is 1.37 bits per heavy atom. The van der Waals surface area contributed by atoms with Crippen LogP contribution in [0, 0.1) is 0 Å². The first-order valence-corrected chi connectivity index (χ1v) is 6.39. The Bertz CT molecular complexity index is 553. The van der Waals surface area contributed by atoms with Gasteiger partial charge in [-0.05, 0) is 18.4 Å². The van der Waals surface area contributed by atoms with Crippen molar-refractivity contribution in [2.24, 2.45) is 0 Å². The van der Waals surface area contributed by atoms with Crippen molar-refractivity contribution in [3.8, 4) is 5.75 Å². The van der Waals surface area contributed by atoms with E-state index in [1.165, 1.54) is 18.2 Å². The Morgan fingerprint density at radius 3 is 2.53 bits per heavy atom. The number of para-hydroxylation sites is 1. The van der Waals surface area contributed by atoms with E-state index in [4.69, 9.17) is 9.84 Å². The van der Waals surface area contributed by atoms with Gasteiger partial charge in [0.1, 0.15) is 11.3 Å². The van der Waals surface area contributed by atoms with Gasteiger partial charge < -0.3 is 9.84 Å². The molecule has 1 aromatic rings. The van der Waals surface area contributed by atoms with E-state index in [-0.39, 0.29) is 5.75 Å². The zero-order valence-electron chi connectivity index (χ0n) is 9.69. The molecule has 1 heterocycles. The van der Waals surface area contributed by atoms with Crippen LogP contribution >= 0.6 is 11.8 Å². The van der Waals surface area contributed by atoms with Gasteiger partial charge in [-0.3, -0.25) is 0 Å². The fourth-order valence-corrected chi connectivity index (χ4v) is 2.60. The molecule has 0 fully saturated rings. The molecule has 1 N–H and O–H groups in total. The van der Waals surface area contributed by atoms with Crippen molar-refractivity contribution in [1.82, 2.24) is 0 Å². The number of carboxylic acid groups (broad SMARTS) is 1. The average molecular weight is 290 g/mol. The third kappa shape index (κ3) is 2.07. The van der Waals surface area contributed by atoms with Crippen LogP contribution in [0.4, 0.5) is 13.2 Å². The molecule has 1 aliphatic rings. The van der Waals surface area contributed by atoms with Crippen LogP contribution in [0.25, 0.3) is 6.08 Å². The predicted octanol–water partition coefficient (Wildman–Crippen LogP) is 3.17. The number of alkyl halides is 3. The minimum atomic E-state index is -4.84. The molecule has 0 saturated carbocycles. The lowest BCUT2D eigenvalue weighted by Crippen LogP contribution is -2.51. The maximum absolute atomic E-state index is 13.3. The third-order valence-corrected chi connectivity index (χ3v) is 3.83. The lowest BCUT2D eigenvalue weighted by atomic mass is 10.0. The first-order valence-electron chi connectivity index (χ1n) is 5.17. The smallest absolute Gasteiger partial charge is 0.443 e. The molecule has 2 rings (SSSR count). The summed E-state index contributed by atoms with van der Waals surface area (Å²) >= 11 is 0.304. The van der Waals surface area contributed by atoms with Crippen molar-refractivity contribution in [3.63, 3.8) is 0 Å². The Kier molecular flexibility index (Phi) is 3.25. The van der Waals surface area contributed by atoms with Crippen LogP contribution < -0.4 is 4.74 Å². The van der Waals surface area contributed by atoms with Gasteiger partial charge in [0.15, 0.2) is 0 Å². The van der Waals surface area contributed by atoms with Gasteiger partial charge in [0, 0.05) is 5.56 Å². The zero-order valence-corrected chi connectivity index (χ0v) is 10.5. The number of halogens is 3. The van der Waals surface area contributed by atoms with Crippen molar-refractivity contribution in [1.29, 1.82) is 0 Å². The number of hydrogen-bond donors (Lipinski definition) is 1. The molecule has 19 heavy (non-hydrogen) atoms. The summed E-state index contributed by atoms with van der Waals surface area (Å²) in [6.45, 7) is 0. The number of hydrogen-bond acceptors (Lipinski definition) is 3. The van der Waals surface area contributed by atoms with Gasteiger partial charge in [0.2, 0.25) is 0 Å². The molecule has 0 bridgehead atoms. The van der Waals surface area contributed by atoms with Gasteiger partial charge in [-0.25, -0.2) is 4.79 Å². The highest BCUT2D eigenvalue weighted by atomic mass is 32.2. The SMILES string of the molecule is CSC1(C(F)(F)F)Oc2ccccc2C=C1C(=O)O. The van der Waals surface area contributed by atoms with Crippen molar-refractivity contribution < 1.29 is 27.8 Å². The van der Waals surface area contributed by atoms with Crippen molar-refractivity contribution in [2.45, 2.75) is 11.1 Å². The summed E-state index contributed by atoms with van der Waals surface area (Å²) in [5, 5.41) is 9.03. The lowest BCUT2D eigenvalue weighted by molar-refractivity contribution is -0.200. The molecule has 1 aliphatic heterocycles. The second-order valence-corrected chi connectivity index (χ2v) is 4.80. The lowest BCUT2D eigenvalue weighted by Gasteiger charge is -2.37. The molecule has 1 unspecified atom stereocenters. The fourth-order valence-electron chi connectivity index (χ4n) is 1.83. The minimum Gasteiger partial charge on any atom is -0.478 e. The van der Waals surface area contributed by atoms with Gasteiger partial charge in [0.05, 0.1) is 0 Å². The monoisotopic (exact) mass is 290 g/mol. The van der Waals surface area contributed by atoms with E-state index in [9.17, 15) is 18.0 Å². The normalized spacial score (nSPS) is 22.2. The van der Waals surface area contributed by atoms with Crippen LogP contribution in [0.2, 0.25) is 0 Å². The summed E-state index contributed by atoms with van der Waals surface area (Å²) < 4.78 is 44.7. The van der Waals surface area contributed by atoms with E-state index in [0.717, 1.165) is 12.3 Å². The maximum Gasteiger partial charge on any atom is 0.443 e. The topological polar surface area (TPSA) is 46.5 Å². The summed E-state index contributed by atoms with van der Waals surface area (Å²) in [5.74, 6) is -1.64. The second-order valence-electron chi connectivity index (χ2n) is 3.82. The molecule has 0 aromatic heterocycles. The van der Waals surface area contributed by atoms with Crippen LogP contribution in [0.3, 0.4) is 0 Å². The number of carboxylic acids is 1. The van der Waals surface area contributed by atoms with Crippen molar-refractivity contribution in [3.05, 3.63) is 35.4 Å². The van der Waals surface area contributed by atoms with Crippen LogP contribution in [0.15, 0.2) is 29.8 Å². The Morgan fingerprint density at radius 2 is 2.00 bits per heavy atom. The molecule has 0 aliphatic carbocycles. The largest absolute Gasteiger partial charge is 0.478 e. The van der Waals surface area contributed by atoms with Gasteiger partial charge >= 0.3 is 12.1 Å². The van der Waals surface area contributed by atoms with E-state index >= 15 is 0 Å². The fraction of sp³-hybridized carbons (Fsp3) is 0.250. The van der Waals surface area contributed by atoms with E-state index < -0.39 is 22.7 Å². The third-order valence-electron chi connectivity index (χ3n) is 2.72. The number of benzene rings is 1. The highest BCUT2D eigenvalue weighted by Gasteiger charge is 2.63. The number of thioether (sulfide) groups is 1. The molecule has 0 radical (unpaired) electrons. The zero-order chi connectivity index (χ0) is 14.3. The van der Waals surface area contributed by atoms with Gasteiger partial charge in [0.25, 0.3) is 4.93 Å². The number of aliphatic carboxylic acids is 1. The summed E-state index contributed by atoms with van der Waals surface area (Å²) in [5.41, 5.74) is -0.514. The van der Waals surface area contributed by atoms with Gasteiger partial charge in [-0.1, -0.05) is 18.2 Å². The molecule has 1 aromatic carbocycles. The summed E-state index contributed by atoms with van der Waals surface area (Å²) in [6.07, 6.45) is -2.67. The van der Waals surface area contributed by atoms with E-state index in [0.29, 0.717) is 17.3 Å². The molecule has 0 spiro atoms. The first kappa shape index (κ1) is 13.8. The molecule has 3 nitrogen and oxygen atoms in total. The summed E-state index contributed by atoms with van der Waals surface area (Å²) in [7, 11) is 0. The predicted molar refractivity (Wildman–Crippen MR) is 65.0 cm³/mol. The Balaban J connectivity index is 2.67. The molecule has 0 amide bonds.